The molecule has 2 heterocycles. The average Bonchev–Trinajstić information content (AvgIpc) is 2.76. The van der Waals surface area contributed by atoms with Gasteiger partial charge in [0.1, 0.15) is 12.0 Å². The standard InChI is InChI=1S/C7H6N6O3S/c8-17(15,16)7-9-2-1-5(12-7)6-10-3-11-13(6)4-14/h1-4H,(H2,8,15,16). The lowest BCUT2D eigenvalue weighted by atomic mass is 10.4. The van der Waals surface area contributed by atoms with Crippen LogP contribution in [0.1, 0.15) is 0 Å². The minimum Gasteiger partial charge on any atom is -0.276 e. The minimum absolute atomic E-state index is 0.104. The van der Waals surface area contributed by atoms with Crippen LogP contribution in [0, 0.1) is 0 Å². The highest BCUT2D eigenvalue weighted by Gasteiger charge is 2.15. The van der Waals surface area contributed by atoms with Gasteiger partial charge in [0, 0.05) is 6.20 Å². The summed E-state index contributed by atoms with van der Waals surface area (Å²) in [6.07, 6.45) is 2.76. The van der Waals surface area contributed by atoms with Gasteiger partial charge in [-0.1, -0.05) is 0 Å². The van der Waals surface area contributed by atoms with Crippen LogP contribution in [0.15, 0.2) is 23.7 Å². The van der Waals surface area contributed by atoms with E-state index in [-0.39, 0.29) is 11.5 Å². The summed E-state index contributed by atoms with van der Waals surface area (Å²) in [6.45, 7) is 0. The van der Waals surface area contributed by atoms with Crippen LogP contribution in [-0.2, 0) is 14.8 Å². The number of primary sulfonamides is 1. The Hall–Kier alpha value is -2.20. The zero-order valence-electron chi connectivity index (χ0n) is 8.26. The van der Waals surface area contributed by atoms with Crippen molar-refractivity contribution in [1.82, 2.24) is 24.7 Å². The van der Waals surface area contributed by atoms with E-state index in [0.29, 0.717) is 6.41 Å². The summed E-state index contributed by atoms with van der Waals surface area (Å²) in [6, 6.07) is 1.39. The molecule has 0 aromatic carbocycles. The number of hydrogen-bond donors (Lipinski definition) is 1. The van der Waals surface area contributed by atoms with Crippen molar-refractivity contribution in [3.8, 4) is 11.5 Å². The third kappa shape index (κ3) is 2.16. The summed E-state index contributed by atoms with van der Waals surface area (Å²) in [5.41, 5.74) is 0.133. The van der Waals surface area contributed by atoms with Crippen molar-refractivity contribution in [1.29, 1.82) is 0 Å². The molecule has 0 aliphatic rings. The van der Waals surface area contributed by atoms with Crippen molar-refractivity contribution in [3.05, 3.63) is 18.6 Å². The number of sulfonamides is 1. The second kappa shape index (κ2) is 3.99. The Morgan fingerprint density at radius 1 is 1.35 bits per heavy atom. The van der Waals surface area contributed by atoms with E-state index in [1.54, 1.807) is 0 Å². The molecule has 0 fully saturated rings. The molecule has 88 valence electrons. The Morgan fingerprint density at radius 3 is 2.76 bits per heavy atom. The van der Waals surface area contributed by atoms with E-state index in [4.69, 9.17) is 5.14 Å². The van der Waals surface area contributed by atoms with Gasteiger partial charge >= 0.3 is 0 Å². The first-order chi connectivity index (χ1) is 8.02. The Labute approximate surface area is 95.4 Å². The third-order valence-corrected chi connectivity index (χ3v) is 2.50. The lowest BCUT2D eigenvalue weighted by Crippen LogP contribution is -2.16. The number of hydrogen-bond acceptors (Lipinski definition) is 7. The van der Waals surface area contributed by atoms with Crippen LogP contribution in [0.5, 0.6) is 0 Å². The molecular weight excluding hydrogens is 248 g/mol. The molecule has 2 aromatic heterocycles. The van der Waals surface area contributed by atoms with Crippen LogP contribution >= 0.6 is 0 Å². The summed E-state index contributed by atoms with van der Waals surface area (Å²) in [5, 5.41) is 7.94. The first-order valence-corrected chi connectivity index (χ1v) is 5.78. The van der Waals surface area contributed by atoms with E-state index in [1.165, 1.54) is 12.3 Å². The maximum absolute atomic E-state index is 11.0. The highest BCUT2D eigenvalue weighted by atomic mass is 32.2. The van der Waals surface area contributed by atoms with Crippen LogP contribution in [0.2, 0.25) is 0 Å². The second-order valence-corrected chi connectivity index (χ2v) is 4.36. The van der Waals surface area contributed by atoms with Crippen molar-refractivity contribution < 1.29 is 13.2 Å². The average molecular weight is 254 g/mol. The van der Waals surface area contributed by atoms with Crippen LogP contribution in [0.4, 0.5) is 0 Å². The molecule has 0 atom stereocenters. The Bertz CT molecular complexity index is 664. The number of carbonyl (C=O) groups is 1. The quantitative estimate of drug-likeness (QED) is 0.516. The van der Waals surface area contributed by atoms with Crippen molar-refractivity contribution in [2.45, 2.75) is 5.16 Å². The molecule has 0 aliphatic heterocycles. The number of nitrogens with zero attached hydrogens (tertiary/aromatic N) is 5. The van der Waals surface area contributed by atoms with Crippen LogP contribution in [0.25, 0.3) is 11.5 Å². The van der Waals surface area contributed by atoms with E-state index in [2.05, 4.69) is 20.1 Å². The Morgan fingerprint density at radius 2 is 2.12 bits per heavy atom. The van der Waals surface area contributed by atoms with Gasteiger partial charge in [-0.05, 0) is 6.07 Å². The molecule has 0 saturated heterocycles. The number of nitrogens with two attached hydrogens (primary N) is 1. The van der Waals surface area contributed by atoms with E-state index in [1.807, 2.05) is 0 Å². The van der Waals surface area contributed by atoms with E-state index in [9.17, 15) is 13.2 Å². The summed E-state index contributed by atoms with van der Waals surface area (Å²) in [4.78, 5) is 21.6. The van der Waals surface area contributed by atoms with Gasteiger partial charge in [-0.3, -0.25) is 4.79 Å². The summed E-state index contributed by atoms with van der Waals surface area (Å²) in [7, 11) is -4.00. The largest absolute Gasteiger partial charge is 0.276 e. The SMILES string of the molecule is NS(=O)(=O)c1nccc(-c2ncnn2C=O)n1. The molecular formula is C7H6N6O3S. The second-order valence-electron chi connectivity index (χ2n) is 2.90. The maximum Gasteiger partial charge on any atom is 0.273 e. The monoisotopic (exact) mass is 254 g/mol. The van der Waals surface area contributed by atoms with Gasteiger partial charge in [-0.15, -0.1) is 0 Å². The number of aromatic nitrogens is 5. The molecule has 0 bridgehead atoms. The molecule has 0 unspecified atom stereocenters. The predicted molar refractivity (Wildman–Crippen MR) is 54.6 cm³/mol. The van der Waals surface area contributed by atoms with Gasteiger partial charge in [0.2, 0.25) is 6.41 Å². The molecule has 9 nitrogen and oxygen atoms in total. The van der Waals surface area contributed by atoms with Crippen LogP contribution < -0.4 is 5.14 Å². The van der Waals surface area contributed by atoms with Gasteiger partial charge in [-0.2, -0.15) is 9.78 Å². The van der Waals surface area contributed by atoms with Gasteiger partial charge in [0.15, 0.2) is 5.82 Å². The van der Waals surface area contributed by atoms with E-state index in [0.717, 1.165) is 11.0 Å². The molecule has 17 heavy (non-hydrogen) atoms. The van der Waals surface area contributed by atoms with Crippen molar-refractivity contribution in [2.24, 2.45) is 5.14 Å². The van der Waals surface area contributed by atoms with Crippen molar-refractivity contribution in [3.63, 3.8) is 0 Å². The van der Waals surface area contributed by atoms with Gasteiger partial charge in [0.05, 0.1) is 0 Å². The van der Waals surface area contributed by atoms with Gasteiger partial charge < -0.3 is 0 Å². The van der Waals surface area contributed by atoms with E-state index < -0.39 is 15.2 Å². The Kier molecular flexibility index (Phi) is 2.65. The maximum atomic E-state index is 11.0. The van der Waals surface area contributed by atoms with Gasteiger partial charge in [-0.25, -0.2) is 28.5 Å². The summed E-state index contributed by atoms with van der Waals surface area (Å²) < 4.78 is 23.0. The van der Waals surface area contributed by atoms with Crippen molar-refractivity contribution >= 4 is 16.4 Å². The van der Waals surface area contributed by atoms with Crippen LogP contribution in [0.3, 0.4) is 0 Å². The van der Waals surface area contributed by atoms with Gasteiger partial charge in [0.25, 0.3) is 15.2 Å². The Balaban J connectivity index is 2.58. The fourth-order valence-electron chi connectivity index (χ4n) is 1.11. The van der Waals surface area contributed by atoms with E-state index >= 15 is 0 Å². The highest BCUT2D eigenvalue weighted by molar-refractivity contribution is 7.89. The third-order valence-electron chi connectivity index (χ3n) is 1.79. The highest BCUT2D eigenvalue weighted by Crippen LogP contribution is 2.12. The fourth-order valence-corrected chi connectivity index (χ4v) is 1.55. The molecule has 0 aliphatic carbocycles. The minimum atomic E-state index is -4.00. The van der Waals surface area contributed by atoms with Crippen LogP contribution in [-0.4, -0.2) is 39.6 Å². The predicted octanol–water partition coefficient (Wildman–Crippen LogP) is -1.58. The molecule has 2 N–H and O–H groups in total. The number of carbonyl (C=O) groups excluding carboxylic acids is 1. The molecule has 2 aromatic rings. The normalized spacial score (nSPS) is 11.4. The van der Waals surface area contributed by atoms with Crippen molar-refractivity contribution in [2.75, 3.05) is 0 Å². The molecule has 10 heteroatoms. The lowest BCUT2D eigenvalue weighted by Gasteiger charge is -2.00. The molecule has 0 radical (unpaired) electrons. The molecule has 2 rings (SSSR count). The molecule has 0 amide bonds. The summed E-state index contributed by atoms with van der Waals surface area (Å²) in [5.74, 6) is 0.104. The zero-order valence-corrected chi connectivity index (χ0v) is 9.07. The smallest absolute Gasteiger partial charge is 0.273 e. The lowest BCUT2D eigenvalue weighted by molar-refractivity contribution is 0.541. The number of rotatable bonds is 3. The topological polar surface area (TPSA) is 134 Å². The first-order valence-electron chi connectivity index (χ1n) is 4.23. The fraction of sp³-hybridized carbons (Fsp3) is 0. The zero-order chi connectivity index (χ0) is 12.5. The molecule has 0 saturated carbocycles. The first kappa shape index (κ1) is 11.3. The summed E-state index contributed by atoms with van der Waals surface area (Å²) >= 11 is 0. The molecule has 0 spiro atoms.